The van der Waals surface area contributed by atoms with E-state index in [4.69, 9.17) is 9.52 Å². The summed E-state index contributed by atoms with van der Waals surface area (Å²) in [5.74, 6) is 0.577. The standard InChI is InChI=1S/C44H53F2N11O4/c1-54(30-15-18-56(19-16-30)23-29-4-3-5-32-38(29)52-55(2)40(32)33-12-13-37(58)51-42(33)59)22-27-8-10-31(11-9-27)57-24-34(39(53-57)41(45)46)49-43(60)35-25-61-44(50-35)28-14-17-47-36(20-28)48-21-26-6-7-26/h3-5,14,17,20,24-27,30-31,33,41H,6-13,15-16,18-19,21-23H2,1-2H3,(H,47,48)(H,49,60)(H,51,58,59). The zero-order valence-electron chi connectivity index (χ0n) is 34.7. The van der Waals surface area contributed by atoms with Gasteiger partial charge in [-0.1, -0.05) is 18.2 Å². The SMILES string of the molecule is CN(CC1CCC(n2cc(NC(=O)c3coc(-c4ccnc(NCC5CC5)c4)n3)c(C(F)F)n2)CC1)C1CCN(Cc2cccc3c(C4CCC(=O)NC4=O)n(C)nc23)CC1. The van der Waals surface area contributed by atoms with Crippen LogP contribution < -0.4 is 16.0 Å². The Kier molecular flexibility index (Phi) is 11.7. The number of imide groups is 1. The molecule has 0 bridgehead atoms. The first-order valence-corrected chi connectivity index (χ1v) is 21.6. The van der Waals surface area contributed by atoms with E-state index in [1.54, 1.807) is 21.6 Å². The summed E-state index contributed by atoms with van der Waals surface area (Å²) >= 11 is 0. The number of alkyl halides is 2. The van der Waals surface area contributed by atoms with E-state index in [0.29, 0.717) is 42.1 Å². The third-order valence-corrected chi connectivity index (χ3v) is 13.1. The van der Waals surface area contributed by atoms with Gasteiger partial charge in [-0.2, -0.15) is 10.2 Å². The third-order valence-electron chi connectivity index (χ3n) is 13.1. The van der Waals surface area contributed by atoms with Crippen LogP contribution in [0.15, 0.2) is 53.4 Å². The average Bonchev–Trinajstić information content (AvgIpc) is 3.60. The van der Waals surface area contributed by atoms with Crippen LogP contribution in [-0.4, -0.2) is 96.3 Å². The van der Waals surface area contributed by atoms with Crippen molar-refractivity contribution in [2.45, 2.75) is 95.2 Å². The molecule has 61 heavy (non-hydrogen) atoms. The number of oxazole rings is 1. The van der Waals surface area contributed by atoms with Gasteiger partial charge in [-0.05, 0) is 107 Å². The Bertz CT molecular complexity index is 2390. The molecule has 2 aliphatic carbocycles. The summed E-state index contributed by atoms with van der Waals surface area (Å²) in [6.07, 6.45) is 10.4. The molecule has 2 saturated heterocycles. The van der Waals surface area contributed by atoms with Crippen molar-refractivity contribution in [3.63, 3.8) is 0 Å². The molecule has 9 rings (SSSR count). The van der Waals surface area contributed by atoms with E-state index in [-0.39, 0.29) is 35.1 Å². The molecule has 2 aliphatic heterocycles. The van der Waals surface area contributed by atoms with Crippen molar-refractivity contribution in [1.82, 2.24) is 44.6 Å². The van der Waals surface area contributed by atoms with Gasteiger partial charge in [-0.3, -0.25) is 34.0 Å². The normalized spacial score (nSPS) is 21.7. The van der Waals surface area contributed by atoms with Gasteiger partial charge in [0.05, 0.1) is 28.9 Å². The fourth-order valence-corrected chi connectivity index (χ4v) is 9.48. The van der Waals surface area contributed by atoms with Crippen LogP contribution in [0.3, 0.4) is 0 Å². The summed E-state index contributed by atoms with van der Waals surface area (Å²) in [6.45, 7) is 4.55. The minimum absolute atomic E-state index is 0.0215. The lowest BCUT2D eigenvalue weighted by Crippen LogP contribution is -2.44. The molecule has 4 aliphatic rings. The minimum Gasteiger partial charge on any atom is -0.444 e. The van der Waals surface area contributed by atoms with Gasteiger partial charge in [0.15, 0.2) is 11.4 Å². The average molecular weight is 838 g/mol. The number of aromatic nitrogens is 6. The highest BCUT2D eigenvalue weighted by Crippen LogP contribution is 2.37. The Morgan fingerprint density at radius 3 is 2.56 bits per heavy atom. The number of carbonyl (C=O) groups is 3. The van der Waals surface area contributed by atoms with Gasteiger partial charge in [0.2, 0.25) is 17.7 Å². The third kappa shape index (κ3) is 9.08. The summed E-state index contributed by atoms with van der Waals surface area (Å²) in [4.78, 5) is 51.4. The quantitative estimate of drug-likeness (QED) is 0.102. The maximum atomic E-state index is 14.2. The number of halogens is 2. The summed E-state index contributed by atoms with van der Waals surface area (Å²) in [5, 5.41) is 18.5. The van der Waals surface area contributed by atoms with Gasteiger partial charge in [0.1, 0.15) is 12.1 Å². The molecular weight excluding hydrogens is 785 g/mol. The predicted molar refractivity (Wildman–Crippen MR) is 224 cm³/mol. The number of likely N-dealkylation sites (tertiary alicyclic amines) is 1. The number of amides is 3. The highest BCUT2D eigenvalue weighted by Gasteiger charge is 2.33. The number of fused-ring (bicyclic) bond motifs is 1. The van der Waals surface area contributed by atoms with Crippen LogP contribution in [0.5, 0.6) is 0 Å². The molecule has 5 aromatic rings. The van der Waals surface area contributed by atoms with E-state index in [0.717, 1.165) is 93.4 Å². The smallest absolute Gasteiger partial charge is 0.284 e. The lowest BCUT2D eigenvalue weighted by Gasteiger charge is -2.39. The fraction of sp³-hybridized carbons (Fsp3) is 0.523. The number of carbonyl (C=O) groups excluding carboxylic acids is 3. The van der Waals surface area contributed by atoms with Gasteiger partial charge in [-0.15, -0.1) is 0 Å². The summed E-state index contributed by atoms with van der Waals surface area (Å²) in [6, 6.07) is 10.2. The number of pyridine rings is 1. The molecule has 1 unspecified atom stereocenters. The second kappa shape index (κ2) is 17.4. The zero-order chi connectivity index (χ0) is 42.2. The summed E-state index contributed by atoms with van der Waals surface area (Å²) in [5.41, 5.74) is 3.05. The molecule has 0 spiro atoms. The molecule has 4 fully saturated rings. The van der Waals surface area contributed by atoms with E-state index < -0.39 is 23.9 Å². The van der Waals surface area contributed by atoms with Crippen LogP contribution in [0, 0.1) is 11.8 Å². The zero-order valence-corrected chi connectivity index (χ0v) is 34.7. The number of rotatable bonds is 14. The molecule has 6 heterocycles. The second-order valence-corrected chi connectivity index (χ2v) is 17.4. The van der Waals surface area contributed by atoms with Crippen molar-refractivity contribution < 1.29 is 27.6 Å². The van der Waals surface area contributed by atoms with Crippen LogP contribution in [0.2, 0.25) is 0 Å². The predicted octanol–water partition coefficient (Wildman–Crippen LogP) is 6.68. The van der Waals surface area contributed by atoms with Crippen molar-refractivity contribution in [2.24, 2.45) is 18.9 Å². The number of anilines is 2. The Morgan fingerprint density at radius 1 is 1.02 bits per heavy atom. The first kappa shape index (κ1) is 40.8. The lowest BCUT2D eigenvalue weighted by molar-refractivity contribution is -0.134. The van der Waals surface area contributed by atoms with E-state index in [2.05, 4.69) is 53.9 Å². The Morgan fingerprint density at radius 2 is 1.80 bits per heavy atom. The molecule has 17 heteroatoms. The van der Waals surface area contributed by atoms with Crippen LogP contribution in [0.4, 0.5) is 20.3 Å². The number of nitrogens with one attached hydrogen (secondary N) is 3. The number of piperidine rings is 2. The first-order chi connectivity index (χ1) is 29.6. The van der Waals surface area contributed by atoms with Crippen molar-refractivity contribution in [3.8, 4) is 11.5 Å². The van der Waals surface area contributed by atoms with E-state index in [1.165, 1.54) is 25.3 Å². The molecular formula is C44H53F2N11O4. The van der Waals surface area contributed by atoms with Crippen LogP contribution in [0.25, 0.3) is 22.4 Å². The molecule has 4 aromatic heterocycles. The fourth-order valence-electron chi connectivity index (χ4n) is 9.48. The minimum atomic E-state index is -2.86. The summed E-state index contributed by atoms with van der Waals surface area (Å²) in [7, 11) is 4.09. The van der Waals surface area contributed by atoms with E-state index in [9.17, 15) is 23.2 Å². The molecule has 3 amide bonds. The highest BCUT2D eigenvalue weighted by molar-refractivity contribution is 6.03. The molecule has 15 nitrogen and oxygen atoms in total. The van der Waals surface area contributed by atoms with Crippen molar-refractivity contribution in [3.05, 3.63) is 71.6 Å². The highest BCUT2D eigenvalue weighted by atomic mass is 19.3. The molecule has 3 N–H and O–H groups in total. The van der Waals surface area contributed by atoms with Gasteiger partial charge in [0.25, 0.3) is 12.3 Å². The topological polar surface area (TPSA) is 168 Å². The van der Waals surface area contributed by atoms with E-state index >= 15 is 0 Å². The molecule has 0 radical (unpaired) electrons. The molecule has 2 saturated carbocycles. The van der Waals surface area contributed by atoms with Crippen molar-refractivity contribution >= 4 is 40.1 Å². The second-order valence-electron chi connectivity index (χ2n) is 17.4. The van der Waals surface area contributed by atoms with Gasteiger partial charge in [0, 0.05) is 62.5 Å². The number of aryl methyl sites for hydroxylation is 1. The van der Waals surface area contributed by atoms with Crippen LogP contribution >= 0.6 is 0 Å². The Labute approximate surface area is 352 Å². The lowest BCUT2D eigenvalue weighted by atomic mass is 9.85. The maximum absolute atomic E-state index is 14.2. The van der Waals surface area contributed by atoms with Gasteiger partial charge < -0.3 is 20.0 Å². The molecule has 322 valence electrons. The van der Waals surface area contributed by atoms with Crippen molar-refractivity contribution in [2.75, 3.05) is 43.9 Å². The number of hydrogen-bond donors (Lipinski definition) is 3. The molecule has 1 atom stereocenters. The largest absolute Gasteiger partial charge is 0.444 e. The first-order valence-electron chi connectivity index (χ1n) is 21.6. The van der Waals surface area contributed by atoms with Crippen LogP contribution in [0.1, 0.15) is 110 Å². The number of benzene rings is 1. The summed E-state index contributed by atoms with van der Waals surface area (Å²) < 4.78 is 37.4. The Balaban J connectivity index is 0.752. The number of hydrogen-bond acceptors (Lipinski definition) is 11. The van der Waals surface area contributed by atoms with Crippen LogP contribution in [-0.2, 0) is 23.2 Å². The maximum Gasteiger partial charge on any atom is 0.284 e. The Hall–Kier alpha value is -5.55. The van der Waals surface area contributed by atoms with Gasteiger partial charge in [-0.25, -0.2) is 18.7 Å². The van der Waals surface area contributed by atoms with Gasteiger partial charge >= 0.3 is 0 Å². The van der Waals surface area contributed by atoms with Crippen molar-refractivity contribution in [1.29, 1.82) is 0 Å². The monoisotopic (exact) mass is 837 g/mol. The van der Waals surface area contributed by atoms with E-state index in [1.807, 2.05) is 25.2 Å². The molecule has 1 aromatic carbocycles. The number of nitrogens with zero attached hydrogens (tertiary/aromatic N) is 8.